The van der Waals surface area contributed by atoms with Gasteiger partial charge in [0.05, 0.1) is 44.1 Å². The van der Waals surface area contributed by atoms with E-state index < -0.39 is 95.8 Å². The predicted octanol–water partition coefficient (Wildman–Crippen LogP) is 1.46. The molecule has 22 heteroatoms. The number of carbonyl (C=O) groups excluding carboxylic acids is 3. The van der Waals surface area contributed by atoms with Crippen molar-refractivity contribution in [3.63, 3.8) is 0 Å². The Morgan fingerprint density at radius 3 is 2.28 bits per heavy atom. The van der Waals surface area contributed by atoms with Gasteiger partial charge in [0.1, 0.15) is 60.7 Å². The number of esters is 3. The molecule has 3 aromatic heterocycles. The summed E-state index contributed by atoms with van der Waals surface area (Å²) in [4.78, 5) is 44.8. The van der Waals surface area contributed by atoms with E-state index in [-0.39, 0.29) is 24.5 Å². The van der Waals surface area contributed by atoms with Gasteiger partial charge in [-0.3, -0.25) is 9.59 Å². The first-order chi connectivity index (χ1) is 25.9. The molecule has 0 saturated carbocycles. The molecule has 2 aliphatic rings. The lowest BCUT2D eigenvalue weighted by molar-refractivity contribution is -0.214. The fourth-order valence-electron chi connectivity index (χ4n) is 5.91. The molecular formula is C32H33F3N8O10S. The highest BCUT2D eigenvalue weighted by Crippen LogP contribution is 2.42. The molecule has 0 aliphatic carbocycles. The number of rotatable bonds is 12. The molecule has 54 heavy (non-hydrogen) atoms. The van der Waals surface area contributed by atoms with Crippen LogP contribution in [-0.2, 0) is 42.8 Å². The maximum Gasteiger partial charge on any atom is 0.331 e. The SMILES string of the molecule is COC(=O)COC1C(SC2COCC(n3cc(-c4cncnc4)nn3)C2O)OC(COC(C)=O)C(OC(C)=O)C1n1cc(-c2cc(F)c(F)c(F)c2)nn1. The van der Waals surface area contributed by atoms with E-state index in [0.29, 0.717) is 11.3 Å². The first-order valence-corrected chi connectivity index (χ1v) is 17.2. The Bertz CT molecular complexity index is 1930. The Morgan fingerprint density at radius 1 is 0.944 bits per heavy atom. The van der Waals surface area contributed by atoms with Crippen LogP contribution in [0.4, 0.5) is 13.2 Å². The lowest BCUT2D eigenvalue weighted by Gasteiger charge is -2.46. The number of methoxy groups -OCH3 is 1. The Balaban J connectivity index is 1.36. The predicted molar refractivity (Wildman–Crippen MR) is 175 cm³/mol. The van der Waals surface area contributed by atoms with Crippen molar-refractivity contribution in [1.29, 1.82) is 0 Å². The monoisotopic (exact) mass is 778 g/mol. The second-order valence-electron chi connectivity index (χ2n) is 12.1. The molecular weight excluding hydrogens is 745 g/mol. The van der Waals surface area contributed by atoms with E-state index >= 15 is 0 Å². The Morgan fingerprint density at radius 2 is 1.61 bits per heavy atom. The largest absolute Gasteiger partial charge is 0.467 e. The summed E-state index contributed by atoms with van der Waals surface area (Å²) in [6.45, 7) is 1.31. The minimum atomic E-state index is -1.68. The molecule has 2 saturated heterocycles. The van der Waals surface area contributed by atoms with E-state index in [2.05, 4.69) is 30.6 Å². The smallest absolute Gasteiger partial charge is 0.331 e. The number of carbonyl (C=O) groups is 3. The standard InChI is InChI=1S/C32H33F3N8O10S/c1-15(44)50-11-24-30(52-16(2)45)28(43-9-21(38-41-43)17-4-19(33)27(35)20(34)5-17)31(51-13-26(46)48-3)32(53-24)54-25-12-49-10-23(29(25)47)42-8-22(39-40-42)18-6-36-14-37-7-18/h4-9,14,23-25,28-32,47H,10-13H2,1-3H3. The third kappa shape index (κ3) is 8.67. The molecule has 0 spiro atoms. The van der Waals surface area contributed by atoms with Crippen LogP contribution in [-0.4, -0.2) is 132 Å². The summed E-state index contributed by atoms with van der Waals surface area (Å²) in [5.74, 6) is -6.86. The second-order valence-corrected chi connectivity index (χ2v) is 13.4. The minimum Gasteiger partial charge on any atom is -0.467 e. The lowest BCUT2D eigenvalue weighted by atomic mass is 9.96. The molecule has 0 amide bonds. The van der Waals surface area contributed by atoms with Crippen LogP contribution in [0.15, 0.2) is 43.2 Å². The maximum absolute atomic E-state index is 14.2. The number of thioether (sulfide) groups is 1. The summed E-state index contributed by atoms with van der Waals surface area (Å²) in [6.07, 6.45) is 2.40. The van der Waals surface area contributed by atoms with Crippen LogP contribution >= 0.6 is 11.8 Å². The van der Waals surface area contributed by atoms with Crippen LogP contribution in [0.1, 0.15) is 25.9 Å². The molecule has 1 aromatic carbocycles. The fourth-order valence-corrected chi connectivity index (χ4v) is 7.38. The number of ether oxygens (including phenoxy) is 6. The summed E-state index contributed by atoms with van der Waals surface area (Å²) in [5, 5.41) is 27.4. The molecule has 2 aliphatic heterocycles. The Labute approximate surface area is 308 Å². The van der Waals surface area contributed by atoms with Crippen molar-refractivity contribution >= 4 is 29.7 Å². The molecule has 5 heterocycles. The molecule has 0 bridgehead atoms. The third-order valence-corrected chi connectivity index (χ3v) is 9.86. The first-order valence-electron chi connectivity index (χ1n) is 16.2. The fraction of sp³-hybridized carbons (Fsp3) is 0.469. The molecule has 0 radical (unpaired) electrons. The second kappa shape index (κ2) is 17.0. The quantitative estimate of drug-likeness (QED) is 0.122. The number of hydrogen-bond acceptors (Lipinski definition) is 17. The van der Waals surface area contributed by atoms with Crippen molar-refractivity contribution < 1.29 is 61.1 Å². The molecule has 8 unspecified atom stereocenters. The van der Waals surface area contributed by atoms with Crippen molar-refractivity contribution in [2.75, 3.05) is 33.5 Å². The number of aromatic nitrogens is 8. The molecule has 2 fully saturated rings. The Hall–Kier alpha value is -5.03. The van der Waals surface area contributed by atoms with E-state index in [4.69, 9.17) is 28.4 Å². The van der Waals surface area contributed by atoms with Crippen molar-refractivity contribution in [2.24, 2.45) is 0 Å². The van der Waals surface area contributed by atoms with Gasteiger partial charge >= 0.3 is 17.9 Å². The topological polar surface area (TPSA) is 214 Å². The zero-order chi connectivity index (χ0) is 38.5. The van der Waals surface area contributed by atoms with Crippen molar-refractivity contribution in [2.45, 2.75) is 61.0 Å². The van der Waals surface area contributed by atoms with E-state index in [1.807, 2.05) is 0 Å². The zero-order valence-electron chi connectivity index (χ0n) is 28.7. The summed E-state index contributed by atoms with van der Waals surface area (Å²) in [7, 11) is 1.14. The summed E-state index contributed by atoms with van der Waals surface area (Å²) in [6, 6.07) is -0.512. The van der Waals surface area contributed by atoms with Gasteiger partial charge in [0.25, 0.3) is 0 Å². The number of aliphatic hydroxyl groups excluding tert-OH is 1. The number of nitrogens with zero attached hydrogens (tertiary/aromatic N) is 8. The van der Waals surface area contributed by atoms with Gasteiger partial charge in [-0.05, 0) is 12.1 Å². The molecule has 4 aromatic rings. The highest BCUT2D eigenvalue weighted by Gasteiger charge is 2.52. The minimum absolute atomic E-state index is 0.0157. The molecule has 288 valence electrons. The maximum atomic E-state index is 14.2. The van der Waals surface area contributed by atoms with Crippen LogP contribution in [0.25, 0.3) is 22.5 Å². The average Bonchev–Trinajstić information content (AvgIpc) is 3.85. The summed E-state index contributed by atoms with van der Waals surface area (Å²) in [5.41, 5.74) is -0.375. The Kier molecular flexibility index (Phi) is 12.2. The van der Waals surface area contributed by atoms with Gasteiger partial charge in [-0.15, -0.1) is 22.0 Å². The van der Waals surface area contributed by atoms with Gasteiger partial charge in [0.15, 0.2) is 23.6 Å². The van der Waals surface area contributed by atoms with Crippen molar-refractivity contribution in [3.8, 4) is 22.5 Å². The van der Waals surface area contributed by atoms with Gasteiger partial charge in [0.2, 0.25) is 0 Å². The van der Waals surface area contributed by atoms with Crippen molar-refractivity contribution in [3.05, 3.63) is 60.7 Å². The highest BCUT2D eigenvalue weighted by atomic mass is 32.2. The normalized spacial score (nSPS) is 25.5. The number of halogens is 3. The first kappa shape index (κ1) is 38.7. The van der Waals surface area contributed by atoms with E-state index in [0.717, 1.165) is 44.9 Å². The molecule has 6 rings (SSSR count). The van der Waals surface area contributed by atoms with Gasteiger partial charge in [-0.2, -0.15) is 0 Å². The van der Waals surface area contributed by atoms with Crippen LogP contribution in [0.3, 0.4) is 0 Å². The summed E-state index contributed by atoms with van der Waals surface area (Å²) < 4.78 is 78.8. The van der Waals surface area contributed by atoms with Gasteiger partial charge in [0, 0.05) is 37.4 Å². The van der Waals surface area contributed by atoms with E-state index in [1.165, 1.54) is 21.9 Å². The molecule has 8 atom stereocenters. The molecule has 18 nitrogen and oxygen atoms in total. The van der Waals surface area contributed by atoms with E-state index in [1.54, 1.807) is 18.6 Å². The van der Waals surface area contributed by atoms with Crippen LogP contribution in [0.2, 0.25) is 0 Å². The van der Waals surface area contributed by atoms with E-state index in [9.17, 15) is 32.7 Å². The zero-order valence-corrected chi connectivity index (χ0v) is 29.5. The third-order valence-electron chi connectivity index (χ3n) is 8.45. The van der Waals surface area contributed by atoms with Crippen LogP contribution < -0.4 is 0 Å². The molecule has 1 N–H and O–H groups in total. The summed E-state index contributed by atoms with van der Waals surface area (Å²) >= 11 is 1.05. The number of hydrogen-bond donors (Lipinski definition) is 1. The highest BCUT2D eigenvalue weighted by molar-refractivity contribution is 8.00. The van der Waals surface area contributed by atoms with Gasteiger partial charge < -0.3 is 33.5 Å². The lowest BCUT2D eigenvalue weighted by Crippen LogP contribution is -2.58. The van der Waals surface area contributed by atoms with Crippen LogP contribution in [0.5, 0.6) is 0 Å². The van der Waals surface area contributed by atoms with Crippen molar-refractivity contribution in [1.82, 2.24) is 40.0 Å². The van der Waals surface area contributed by atoms with Gasteiger partial charge in [-0.1, -0.05) is 10.4 Å². The van der Waals surface area contributed by atoms with Crippen LogP contribution in [0, 0.1) is 17.5 Å². The number of benzene rings is 1. The van der Waals surface area contributed by atoms with Gasteiger partial charge in [-0.25, -0.2) is 37.3 Å². The average molecular weight is 779 g/mol. The number of aliphatic hydroxyl groups is 1.